The van der Waals surface area contributed by atoms with Gasteiger partial charge in [0.05, 0.1) is 6.21 Å². The summed E-state index contributed by atoms with van der Waals surface area (Å²) in [5.41, 5.74) is 14.8. The molecule has 4 N–H and O–H groups in total. The number of hydrogen-bond acceptors (Lipinski definition) is 2. The van der Waals surface area contributed by atoms with Crippen molar-refractivity contribution in [2.24, 2.45) is 21.7 Å². The van der Waals surface area contributed by atoms with E-state index >= 15 is 0 Å². The monoisotopic (exact) mass is 291 g/mol. The molecular formula is C14H18ClN5. The van der Waals surface area contributed by atoms with Crippen molar-refractivity contribution < 1.29 is 0 Å². The quantitative estimate of drug-likeness (QED) is 0.516. The standard InChI is InChI=1S/C14H17N5.ClH/c1-10-8-12(9-17-18-14(15)16)11(2)19(10)13-6-4-3-5-7-13;/h3-9H,1-2H3,(H4,15,16,18);1H/b17-9-;. The Morgan fingerprint density at radius 1 is 1.15 bits per heavy atom. The Bertz CT molecular complexity index is 625. The van der Waals surface area contributed by atoms with Crippen molar-refractivity contribution in [2.75, 3.05) is 0 Å². The highest BCUT2D eigenvalue weighted by atomic mass is 35.5. The normalized spacial score (nSPS) is 10.3. The number of nitrogens with two attached hydrogens (primary N) is 2. The van der Waals surface area contributed by atoms with Gasteiger partial charge in [-0.05, 0) is 32.0 Å². The van der Waals surface area contributed by atoms with Crippen LogP contribution in [-0.2, 0) is 0 Å². The van der Waals surface area contributed by atoms with Crippen LogP contribution >= 0.6 is 12.4 Å². The first-order chi connectivity index (χ1) is 9.09. The molecule has 2 rings (SSSR count). The van der Waals surface area contributed by atoms with E-state index in [-0.39, 0.29) is 18.4 Å². The van der Waals surface area contributed by atoms with Crippen LogP contribution in [0, 0.1) is 13.8 Å². The molecule has 0 spiro atoms. The van der Waals surface area contributed by atoms with Crippen LogP contribution in [0.1, 0.15) is 17.0 Å². The lowest BCUT2D eigenvalue weighted by atomic mass is 10.2. The van der Waals surface area contributed by atoms with E-state index in [1.807, 2.05) is 31.2 Å². The van der Waals surface area contributed by atoms with Crippen molar-refractivity contribution >= 4 is 24.6 Å². The van der Waals surface area contributed by atoms with Crippen molar-refractivity contribution in [3.8, 4) is 5.69 Å². The van der Waals surface area contributed by atoms with Crippen LogP contribution in [0.3, 0.4) is 0 Å². The van der Waals surface area contributed by atoms with Crippen LogP contribution < -0.4 is 11.5 Å². The van der Waals surface area contributed by atoms with Crippen LogP contribution in [0.2, 0.25) is 0 Å². The molecule has 0 aliphatic rings. The minimum absolute atomic E-state index is 0. The molecule has 2 aromatic rings. The molecule has 0 aliphatic heterocycles. The number of nitrogens with zero attached hydrogens (tertiary/aromatic N) is 3. The van der Waals surface area contributed by atoms with Crippen molar-refractivity contribution in [1.29, 1.82) is 0 Å². The zero-order valence-electron chi connectivity index (χ0n) is 11.4. The molecule has 1 heterocycles. The summed E-state index contributed by atoms with van der Waals surface area (Å²) in [5, 5.41) is 7.45. The van der Waals surface area contributed by atoms with E-state index in [1.54, 1.807) is 6.21 Å². The molecule has 6 heteroatoms. The summed E-state index contributed by atoms with van der Waals surface area (Å²) < 4.78 is 2.16. The molecule has 20 heavy (non-hydrogen) atoms. The summed E-state index contributed by atoms with van der Waals surface area (Å²) in [6.45, 7) is 4.09. The van der Waals surface area contributed by atoms with Gasteiger partial charge in [0.1, 0.15) is 0 Å². The predicted octanol–water partition coefficient (Wildman–Crippen LogP) is 2.12. The number of benzene rings is 1. The third-order valence-electron chi connectivity index (χ3n) is 2.85. The number of guanidine groups is 1. The number of halogens is 1. The minimum atomic E-state index is -0.0480. The maximum absolute atomic E-state index is 5.23. The maximum atomic E-state index is 5.23. The fraction of sp³-hybridized carbons (Fsp3) is 0.143. The van der Waals surface area contributed by atoms with Crippen molar-refractivity contribution in [3.63, 3.8) is 0 Å². The Morgan fingerprint density at radius 3 is 2.40 bits per heavy atom. The molecule has 1 aromatic carbocycles. The second-order valence-electron chi connectivity index (χ2n) is 4.27. The van der Waals surface area contributed by atoms with Crippen molar-refractivity contribution in [1.82, 2.24) is 4.57 Å². The number of aromatic nitrogens is 1. The van der Waals surface area contributed by atoms with Crippen LogP contribution in [0.15, 0.2) is 46.6 Å². The van der Waals surface area contributed by atoms with Gasteiger partial charge in [0.2, 0.25) is 5.96 Å². The first-order valence-electron chi connectivity index (χ1n) is 5.96. The van der Waals surface area contributed by atoms with E-state index in [2.05, 4.69) is 33.8 Å². The summed E-state index contributed by atoms with van der Waals surface area (Å²) in [4.78, 5) is 0. The Balaban J connectivity index is 0.00000200. The molecule has 0 saturated carbocycles. The van der Waals surface area contributed by atoms with Gasteiger partial charge in [-0.15, -0.1) is 17.5 Å². The van der Waals surface area contributed by atoms with E-state index in [0.717, 1.165) is 22.6 Å². The molecule has 0 amide bonds. The van der Waals surface area contributed by atoms with E-state index in [1.165, 1.54) is 0 Å². The Hall–Kier alpha value is -2.27. The van der Waals surface area contributed by atoms with Crippen molar-refractivity contribution in [3.05, 3.63) is 53.3 Å². The molecule has 0 fully saturated rings. The third kappa shape index (κ3) is 3.39. The summed E-state index contributed by atoms with van der Waals surface area (Å²) in [5.74, 6) is -0.0480. The molecule has 0 unspecified atom stereocenters. The number of hydrogen-bond donors (Lipinski definition) is 2. The van der Waals surface area contributed by atoms with E-state index in [0.29, 0.717) is 0 Å². The third-order valence-corrected chi connectivity index (χ3v) is 2.85. The van der Waals surface area contributed by atoms with Gasteiger partial charge in [0.15, 0.2) is 0 Å². The molecule has 0 radical (unpaired) electrons. The number of para-hydroxylation sites is 1. The second-order valence-corrected chi connectivity index (χ2v) is 4.27. The van der Waals surface area contributed by atoms with E-state index in [4.69, 9.17) is 11.5 Å². The average molecular weight is 292 g/mol. The molecule has 1 aromatic heterocycles. The lowest BCUT2D eigenvalue weighted by Gasteiger charge is -2.08. The molecule has 0 bridgehead atoms. The number of aryl methyl sites for hydroxylation is 1. The Morgan fingerprint density at radius 2 is 1.80 bits per heavy atom. The van der Waals surface area contributed by atoms with Gasteiger partial charge >= 0.3 is 0 Å². The lowest BCUT2D eigenvalue weighted by Crippen LogP contribution is -2.21. The SMILES string of the molecule is Cc1cc(/C=N\N=C(N)N)c(C)n1-c1ccccc1.Cl. The zero-order chi connectivity index (χ0) is 13.8. The first-order valence-corrected chi connectivity index (χ1v) is 5.96. The summed E-state index contributed by atoms with van der Waals surface area (Å²) in [6, 6.07) is 12.2. The fourth-order valence-corrected chi connectivity index (χ4v) is 2.05. The fourth-order valence-electron chi connectivity index (χ4n) is 2.05. The van der Waals surface area contributed by atoms with Crippen LogP contribution in [0.5, 0.6) is 0 Å². The molecular weight excluding hydrogens is 274 g/mol. The Labute approximate surface area is 124 Å². The first kappa shape index (κ1) is 15.8. The lowest BCUT2D eigenvalue weighted by molar-refractivity contribution is 0.965. The molecule has 0 aliphatic carbocycles. The van der Waals surface area contributed by atoms with Gasteiger partial charge < -0.3 is 16.0 Å². The van der Waals surface area contributed by atoms with Crippen LogP contribution in [0.4, 0.5) is 0 Å². The highest BCUT2D eigenvalue weighted by Crippen LogP contribution is 2.19. The van der Waals surface area contributed by atoms with Crippen LogP contribution in [0.25, 0.3) is 5.69 Å². The topological polar surface area (TPSA) is 81.7 Å². The van der Waals surface area contributed by atoms with Gasteiger partial charge in [0, 0.05) is 22.6 Å². The van der Waals surface area contributed by atoms with Crippen LogP contribution in [-0.4, -0.2) is 16.7 Å². The predicted molar refractivity (Wildman–Crippen MR) is 85.9 cm³/mol. The van der Waals surface area contributed by atoms with Crippen molar-refractivity contribution in [2.45, 2.75) is 13.8 Å². The van der Waals surface area contributed by atoms with Gasteiger partial charge in [-0.1, -0.05) is 18.2 Å². The molecule has 5 nitrogen and oxygen atoms in total. The summed E-state index contributed by atoms with van der Waals surface area (Å²) in [7, 11) is 0. The molecule has 0 saturated heterocycles. The highest BCUT2D eigenvalue weighted by molar-refractivity contribution is 5.85. The van der Waals surface area contributed by atoms with Gasteiger partial charge in [0.25, 0.3) is 0 Å². The Kier molecular flexibility index (Phi) is 5.34. The summed E-state index contributed by atoms with van der Waals surface area (Å²) in [6.07, 6.45) is 1.65. The van der Waals surface area contributed by atoms with E-state index < -0.39 is 0 Å². The smallest absolute Gasteiger partial charge is 0.211 e. The molecule has 106 valence electrons. The van der Waals surface area contributed by atoms with E-state index in [9.17, 15) is 0 Å². The average Bonchev–Trinajstić information content (AvgIpc) is 2.65. The number of rotatable bonds is 3. The highest BCUT2D eigenvalue weighted by Gasteiger charge is 2.08. The van der Waals surface area contributed by atoms with Gasteiger partial charge in [-0.2, -0.15) is 5.10 Å². The van der Waals surface area contributed by atoms with Gasteiger partial charge in [-0.25, -0.2) is 0 Å². The molecule has 0 atom stereocenters. The summed E-state index contributed by atoms with van der Waals surface area (Å²) >= 11 is 0. The second kappa shape index (κ2) is 6.77. The minimum Gasteiger partial charge on any atom is -0.369 e. The van der Waals surface area contributed by atoms with Gasteiger partial charge in [-0.3, -0.25) is 0 Å². The zero-order valence-corrected chi connectivity index (χ0v) is 12.3. The largest absolute Gasteiger partial charge is 0.369 e. The maximum Gasteiger partial charge on any atom is 0.211 e.